The van der Waals surface area contributed by atoms with Gasteiger partial charge in [0, 0.05) is 11.6 Å². The molecule has 1 aromatic heterocycles. The zero-order valence-corrected chi connectivity index (χ0v) is 15.3. The summed E-state index contributed by atoms with van der Waals surface area (Å²) in [7, 11) is 3.22. The molecule has 7 heteroatoms. The van der Waals surface area contributed by atoms with Gasteiger partial charge in [0.25, 0.3) is 0 Å². The molecule has 0 amide bonds. The quantitative estimate of drug-likeness (QED) is 0.494. The Bertz CT molecular complexity index is 640. The summed E-state index contributed by atoms with van der Waals surface area (Å²) in [5.41, 5.74) is 1.53. The lowest BCUT2D eigenvalue weighted by Gasteiger charge is -2.11. The van der Waals surface area contributed by atoms with E-state index in [0.717, 1.165) is 19.3 Å². The lowest BCUT2D eigenvalue weighted by atomic mass is 10.2. The van der Waals surface area contributed by atoms with Gasteiger partial charge in [-0.25, -0.2) is 9.97 Å². The minimum atomic E-state index is 0.379. The highest BCUT2D eigenvalue weighted by atomic mass is 127. The molecule has 1 heterocycles. The summed E-state index contributed by atoms with van der Waals surface area (Å²) >= 11 is 11.7. The molecule has 4 nitrogen and oxygen atoms in total. The topological polar surface area (TPSA) is 44.2 Å². The van der Waals surface area contributed by atoms with Crippen molar-refractivity contribution in [2.45, 2.75) is 6.61 Å². The normalized spacial score (nSPS) is 10.7. The number of halogens is 3. The number of ether oxygens (including phenoxy) is 2. The van der Waals surface area contributed by atoms with Crippen LogP contribution in [0.4, 0.5) is 0 Å². The fourth-order valence-electron chi connectivity index (χ4n) is 1.67. The third-order valence-corrected chi connectivity index (χ3v) is 4.78. The highest BCUT2D eigenvalue weighted by Gasteiger charge is 2.15. The number of hydrogen-bond acceptors (Lipinski definition) is 4. The fourth-order valence-corrected chi connectivity index (χ4v) is 2.62. The second-order valence-corrected chi connectivity index (χ2v) is 6.23. The molecule has 0 unspecified atom stereocenters. The van der Waals surface area contributed by atoms with E-state index < -0.39 is 0 Å². The van der Waals surface area contributed by atoms with Gasteiger partial charge in [-0.3, -0.25) is 0 Å². The first-order chi connectivity index (χ1) is 9.56. The summed E-state index contributed by atoms with van der Waals surface area (Å²) in [5.74, 6) is 1.20. The average molecular weight is 470 g/mol. The highest BCUT2D eigenvalue weighted by molar-refractivity contribution is 14.1. The average Bonchev–Trinajstić information content (AvgIpc) is 2.43. The van der Waals surface area contributed by atoms with Crippen molar-refractivity contribution < 1.29 is 9.47 Å². The first-order valence-electron chi connectivity index (χ1n) is 5.61. The second-order valence-electron chi connectivity index (χ2n) is 3.88. The molecular weight excluding hydrogens is 458 g/mol. The Kier molecular flexibility index (Phi) is 5.59. The van der Waals surface area contributed by atoms with Gasteiger partial charge >= 0.3 is 0 Å². The van der Waals surface area contributed by atoms with E-state index in [4.69, 9.17) is 21.1 Å². The van der Waals surface area contributed by atoms with Gasteiger partial charge in [-0.1, -0.05) is 27.5 Å². The first kappa shape index (κ1) is 15.9. The molecular formula is C13H11BrClIN2O2. The molecule has 0 aliphatic rings. The summed E-state index contributed by atoms with van der Waals surface area (Å²) < 4.78 is 12.2. The molecule has 0 aliphatic heterocycles. The van der Waals surface area contributed by atoms with Gasteiger partial charge in [0.15, 0.2) is 5.82 Å². The SMILES string of the molecule is COCc1nc(-c2cc(Br)ccc2OC)nc(Cl)c1I. The van der Waals surface area contributed by atoms with Crippen molar-refractivity contribution >= 4 is 50.1 Å². The van der Waals surface area contributed by atoms with E-state index in [1.165, 1.54) is 0 Å². The van der Waals surface area contributed by atoms with Crippen LogP contribution in [0.2, 0.25) is 5.15 Å². The number of rotatable bonds is 4. The molecule has 106 valence electrons. The van der Waals surface area contributed by atoms with E-state index in [1.54, 1.807) is 14.2 Å². The van der Waals surface area contributed by atoms with Crippen molar-refractivity contribution in [1.82, 2.24) is 9.97 Å². The van der Waals surface area contributed by atoms with Crippen molar-refractivity contribution in [3.63, 3.8) is 0 Å². The van der Waals surface area contributed by atoms with Crippen LogP contribution in [0, 0.1) is 3.57 Å². The van der Waals surface area contributed by atoms with Crippen LogP contribution in [0.3, 0.4) is 0 Å². The maximum absolute atomic E-state index is 6.17. The zero-order valence-electron chi connectivity index (χ0n) is 10.8. The smallest absolute Gasteiger partial charge is 0.165 e. The molecule has 2 aromatic rings. The number of nitrogens with zero attached hydrogens (tertiary/aromatic N) is 2. The third-order valence-electron chi connectivity index (χ3n) is 2.56. The molecule has 0 atom stereocenters. The van der Waals surface area contributed by atoms with E-state index >= 15 is 0 Å². The van der Waals surface area contributed by atoms with Crippen molar-refractivity contribution in [3.8, 4) is 17.1 Å². The van der Waals surface area contributed by atoms with Gasteiger partial charge in [0.2, 0.25) is 0 Å². The summed E-state index contributed by atoms with van der Waals surface area (Å²) in [4.78, 5) is 8.84. The molecule has 0 bridgehead atoms. The molecule has 0 aliphatic carbocycles. The second kappa shape index (κ2) is 7.02. The van der Waals surface area contributed by atoms with Crippen LogP contribution in [-0.4, -0.2) is 24.2 Å². The van der Waals surface area contributed by atoms with Gasteiger partial charge in [0.05, 0.1) is 28.5 Å². The molecule has 0 spiro atoms. The van der Waals surface area contributed by atoms with Gasteiger partial charge in [-0.2, -0.15) is 0 Å². The van der Waals surface area contributed by atoms with Crippen molar-refractivity contribution in [3.05, 3.63) is 37.1 Å². The van der Waals surface area contributed by atoms with E-state index in [0.29, 0.717) is 23.3 Å². The van der Waals surface area contributed by atoms with Crippen LogP contribution in [-0.2, 0) is 11.3 Å². The third kappa shape index (κ3) is 3.41. The lowest BCUT2D eigenvalue weighted by molar-refractivity contribution is 0.181. The predicted molar refractivity (Wildman–Crippen MR) is 90.2 cm³/mol. The molecule has 2 rings (SSSR count). The number of benzene rings is 1. The van der Waals surface area contributed by atoms with Crippen LogP contribution >= 0.6 is 50.1 Å². The molecule has 0 saturated carbocycles. The zero-order chi connectivity index (χ0) is 14.7. The summed E-state index contributed by atoms with van der Waals surface area (Å²) in [6.07, 6.45) is 0. The molecule has 0 fully saturated rings. The van der Waals surface area contributed by atoms with Crippen molar-refractivity contribution in [1.29, 1.82) is 0 Å². The van der Waals surface area contributed by atoms with Crippen LogP contribution in [0.15, 0.2) is 22.7 Å². The molecule has 0 saturated heterocycles. The Labute approximate surface area is 144 Å². The standard InChI is InChI=1S/C13H11BrClIN2O2/c1-19-6-9-11(16)12(15)18-13(17-9)8-5-7(14)3-4-10(8)20-2/h3-5H,6H2,1-2H3. The number of aromatic nitrogens is 2. The largest absolute Gasteiger partial charge is 0.496 e. The predicted octanol–water partition coefficient (Wildman–Crippen LogP) is 4.32. The highest BCUT2D eigenvalue weighted by Crippen LogP contribution is 2.32. The van der Waals surface area contributed by atoms with E-state index in [2.05, 4.69) is 48.5 Å². The van der Waals surface area contributed by atoms with Gasteiger partial charge in [0.1, 0.15) is 10.9 Å². The minimum Gasteiger partial charge on any atom is -0.496 e. The van der Waals surface area contributed by atoms with Gasteiger partial charge in [-0.15, -0.1) is 0 Å². The maximum Gasteiger partial charge on any atom is 0.165 e. The maximum atomic E-state index is 6.17. The summed E-state index contributed by atoms with van der Waals surface area (Å²) in [5, 5.41) is 0.407. The van der Waals surface area contributed by atoms with E-state index in [-0.39, 0.29) is 0 Å². The minimum absolute atomic E-state index is 0.379. The Morgan fingerprint density at radius 3 is 2.70 bits per heavy atom. The number of methoxy groups -OCH3 is 2. The number of hydrogen-bond donors (Lipinski definition) is 0. The van der Waals surface area contributed by atoms with Gasteiger partial charge < -0.3 is 9.47 Å². The van der Waals surface area contributed by atoms with E-state index in [1.807, 2.05) is 18.2 Å². The van der Waals surface area contributed by atoms with E-state index in [9.17, 15) is 0 Å². The van der Waals surface area contributed by atoms with Crippen LogP contribution in [0.25, 0.3) is 11.4 Å². The van der Waals surface area contributed by atoms with Crippen molar-refractivity contribution in [2.75, 3.05) is 14.2 Å². The molecule has 0 radical (unpaired) electrons. The first-order valence-corrected chi connectivity index (χ1v) is 7.86. The van der Waals surface area contributed by atoms with Crippen LogP contribution in [0.1, 0.15) is 5.69 Å². The molecule has 20 heavy (non-hydrogen) atoms. The summed E-state index contributed by atoms with van der Waals surface area (Å²) in [6, 6.07) is 5.64. The van der Waals surface area contributed by atoms with Crippen molar-refractivity contribution in [2.24, 2.45) is 0 Å². The lowest BCUT2D eigenvalue weighted by Crippen LogP contribution is -2.03. The summed E-state index contributed by atoms with van der Waals surface area (Å²) in [6.45, 7) is 0.379. The monoisotopic (exact) mass is 468 g/mol. The van der Waals surface area contributed by atoms with Crippen LogP contribution in [0.5, 0.6) is 5.75 Å². The molecule has 1 aromatic carbocycles. The fraction of sp³-hybridized carbons (Fsp3) is 0.231. The molecule has 0 N–H and O–H groups in total. The Morgan fingerprint density at radius 1 is 1.30 bits per heavy atom. The Balaban J connectivity index is 2.60. The van der Waals surface area contributed by atoms with Crippen LogP contribution < -0.4 is 4.74 Å². The Hall–Kier alpha value is -0.440. The Morgan fingerprint density at radius 2 is 2.05 bits per heavy atom. The van der Waals surface area contributed by atoms with Gasteiger partial charge in [-0.05, 0) is 40.8 Å².